The van der Waals surface area contributed by atoms with E-state index in [4.69, 9.17) is 4.74 Å². The third-order valence-electron chi connectivity index (χ3n) is 4.80. The molecule has 4 rings (SSSR count). The SMILES string of the molecule is COc1ccccc1NC(=O)C(C)Sc1nc2sc(C)c(-c3ccccc3)c2c(=O)[nH]1. The third kappa shape index (κ3) is 4.35. The summed E-state index contributed by atoms with van der Waals surface area (Å²) in [5, 5.41) is 3.40. The highest BCUT2D eigenvalue weighted by molar-refractivity contribution is 8.00. The molecule has 0 spiro atoms. The van der Waals surface area contributed by atoms with Gasteiger partial charge in [0.15, 0.2) is 5.16 Å². The van der Waals surface area contributed by atoms with Crippen LogP contribution in [0.15, 0.2) is 64.5 Å². The number of thioether (sulfide) groups is 1. The van der Waals surface area contributed by atoms with Crippen LogP contribution in [0.25, 0.3) is 21.3 Å². The summed E-state index contributed by atoms with van der Waals surface area (Å²) in [7, 11) is 1.56. The maximum absolute atomic E-state index is 12.9. The second-order valence-corrected chi connectivity index (χ2v) is 9.43. The number of para-hydroxylation sites is 2. The maximum atomic E-state index is 12.9. The van der Waals surface area contributed by atoms with E-state index >= 15 is 0 Å². The van der Waals surface area contributed by atoms with Crippen molar-refractivity contribution in [1.29, 1.82) is 0 Å². The Kier molecular flexibility index (Phi) is 6.11. The van der Waals surface area contributed by atoms with E-state index in [2.05, 4.69) is 15.3 Å². The van der Waals surface area contributed by atoms with E-state index in [1.165, 1.54) is 23.1 Å². The van der Waals surface area contributed by atoms with Gasteiger partial charge in [-0.3, -0.25) is 9.59 Å². The van der Waals surface area contributed by atoms with E-state index in [1.54, 1.807) is 26.2 Å². The highest BCUT2D eigenvalue weighted by Crippen LogP contribution is 2.36. The Morgan fingerprint density at radius 1 is 1.16 bits per heavy atom. The van der Waals surface area contributed by atoms with Gasteiger partial charge in [-0.1, -0.05) is 54.2 Å². The molecular formula is C23H21N3O3S2. The third-order valence-corrected chi connectivity index (χ3v) is 6.78. The minimum atomic E-state index is -0.472. The first-order valence-electron chi connectivity index (χ1n) is 9.67. The Hall–Kier alpha value is -3.10. The summed E-state index contributed by atoms with van der Waals surface area (Å²) in [6.45, 7) is 3.76. The summed E-state index contributed by atoms with van der Waals surface area (Å²) in [6, 6.07) is 17.0. The van der Waals surface area contributed by atoms with Gasteiger partial charge in [0.1, 0.15) is 10.6 Å². The van der Waals surface area contributed by atoms with Crippen LogP contribution in [-0.2, 0) is 4.79 Å². The van der Waals surface area contributed by atoms with Gasteiger partial charge in [-0.15, -0.1) is 11.3 Å². The fourth-order valence-corrected chi connectivity index (χ4v) is 5.21. The lowest BCUT2D eigenvalue weighted by molar-refractivity contribution is -0.115. The number of hydrogen-bond acceptors (Lipinski definition) is 6. The molecule has 0 aliphatic carbocycles. The van der Waals surface area contributed by atoms with Gasteiger partial charge in [-0.05, 0) is 31.5 Å². The quantitative estimate of drug-likeness (QED) is 0.315. The number of aromatic amines is 1. The zero-order valence-corrected chi connectivity index (χ0v) is 18.9. The summed E-state index contributed by atoms with van der Waals surface area (Å²) in [5.74, 6) is 0.382. The number of carbonyl (C=O) groups excluding carboxylic acids is 1. The number of aromatic nitrogens is 2. The number of methoxy groups -OCH3 is 1. The van der Waals surface area contributed by atoms with E-state index in [9.17, 15) is 9.59 Å². The van der Waals surface area contributed by atoms with Crippen LogP contribution in [0.5, 0.6) is 5.75 Å². The molecule has 2 aromatic carbocycles. The van der Waals surface area contributed by atoms with Gasteiger partial charge in [0.05, 0.1) is 23.4 Å². The highest BCUT2D eigenvalue weighted by Gasteiger charge is 2.20. The minimum absolute atomic E-state index is 0.201. The van der Waals surface area contributed by atoms with Crippen LogP contribution in [-0.4, -0.2) is 28.2 Å². The molecule has 1 amide bonds. The monoisotopic (exact) mass is 451 g/mol. The summed E-state index contributed by atoms with van der Waals surface area (Å²) < 4.78 is 5.28. The smallest absolute Gasteiger partial charge is 0.260 e. The fourth-order valence-electron chi connectivity index (χ4n) is 3.31. The molecule has 0 aliphatic rings. The van der Waals surface area contributed by atoms with E-state index in [1.807, 2.05) is 49.4 Å². The predicted molar refractivity (Wildman–Crippen MR) is 127 cm³/mol. The largest absolute Gasteiger partial charge is 0.495 e. The van der Waals surface area contributed by atoms with Crippen molar-refractivity contribution in [2.45, 2.75) is 24.3 Å². The summed E-state index contributed by atoms with van der Waals surface area (Å²) in [5.41, 5.74) is 2.30. The Morgan fingerprint density at radius 2 is 1.87 bits per heavy atom. The average molecular weight is 452 g/mol. The van der Waals surface area contributed by atoms with Gasteiger partial charge in [-0.2, -0.15) is 0 Å². The van der Waals surface area contributed by atoms with E-state index in [-0.39, 0.29) is 11.5 Å². The standard InChI is InChI=1S/C23H21N3O3S2/c1-13-18(15-9-5-4-6-10-15)19-21(28)25-23(26-22(19)30-13)31-14(2)20(27)24-16-11-7-8-12-17(16)29-3/h4-12,14H,1-3H3,(H,24,27)(H,25,26,28). The molecule has 1 unspecified atom stereocenters. The van der Waals surface area contributed by atoms with Crippen LogP contribution in [0.2, 0.25) is 0 Å². The van der Waals surface area contributed by atoms with Crippen molar-refractivity contribution in [2.24, 2.45) is 0 Å². The Labute approximate surface area is 187 Å². The predicted octanol–water partition coefficient (Wildman–Crippen LogP) is 5.09. The number of benzene rings is 2. The van der Waals surface area contributed by atoms with E-state index in [0.717, 1.165) is 16.0 Å². The van der Waals surface area contributed by atoms with Crippen molar-refractivity contribution in [3.05, 3.63) is 69.8 Å². The number of anilines is 1. The molecule has 2 N–H and O–H groups in total. The first-order chi connectivity index (χ1) is 15.0. The Morgan fingerprint density at radius 3 is 2.61 bits per heavy atom. The van der Waals surface area contributed by atoms with Gasteiger partial charge in [-0.25, -0.2) is 4.98 Å². The average Bonchev–Trinajstić information content (AvgIpc) is 3.11. The number of nitrogens with one attached hydrogen (secondary N) is 2. The molecule has 0 saturated heterocycles. The van der Waals surface area contributed by atoms with Crippen molar-refractivity contribution in [1.82, 2.24) is 9.97 Å². The molecule has 8 heteroatoms. The molecule has 0 fully saturated rings. The van der Waals surface area contributed by atoms with Crippen LogP contribution in [0, 0.1) is 6.92 Å². The molecule has 2 aromatic heterocycles. The molecule has 1 atom stereocenters. The zero-order chi connectivity index (χ0) is 22.0. The molecule has 4 aromatic rings. The number of carbonyl (C=O) groups is 1. The molecule has 31 heavy (non-hydrogen) atoms. The number of nitrogens with zero attached hydrogens (tertiary/aromatic N) is 1. The number of hydrogen-bond donors (Lipinski definition) is 2. The summed E-state index contributed by atoms with van der Waals surface area (Å²) in [6.07, 6.45) is 0. The molecule has 0 radical (unpaired) electrons. The number of rotatable bonds is 6. The Balaban J connectivity index is 1.59. The minimum Gasteiger partial charge on any atom is -0.495 e. The van der Waals surface area contributed by atoms with Crippen molar-refractivity contribution in [3.63, 3.8) is 0 Å². The van der Waals surface area contributed by atoms with Crippen molar-refractivity contribution >= 4 is 44.9 Å². The zero-order valence-electron chi connectivity index (χ0n) is 17.3. The van der Waals surface area contributed by atoms with E-state index in [0.29, 0.717) is 26.8 Å². The van der Waals surface area contributed by atoms with Crippen LogP contribution in [0.4, 0.5) is 5.69 Å². The molecule has 6 nitrogen and oxygen atoms in total. The van der Waals surface area contributed by atoms with Crippen molar-refractivity contribution in [2.75, 3.05) is 12.4 Å². The van der Waals surface area contributed by atoms with Crippen molar-refractivity contribution < 1.29 is 9.53 Å². The maximum Gasteiger partial charge on any atom is 0.260 e. The van der Waals surface area contributed by atoms with Gasteiger partial charge < -0.3 is 15.0 Å². The van der Waals surface area contributed by atoms with Gasteiger partial charge in [0.25, 0.3) is 5.56 Å². The number of amides is 1. The van der Waals surface area contributed by atoms with Crippen LogP contribution in [0.1, 0.15) is 11.8 Å². The highest BCUT2D eigenvalue weighted by atomic mass is 32.2. The lowest BCUT2D eigenvalue weighted by Crippen LogP contribution is -2.23. The topological polar surface area (TPSA) is 84.1 Å². The van der Waals surface area contributed by atoms with Gasteiger partial charge in [0.2, 0.25) is 5.91 Å². The molecule has 2 heterocycles. The molecular weight excluding hydrogens is 430 g/mol. The normalized spacial score (nSPS) is 12.0. The molecule has 158 valence electrons. The Bertz CT molecular complexity index is 1300. The second-order valence-electron chi connectivity index (χ2n) is 6.90. The first-order valence-corrected chi connectivity index (χ1v) is 11.4. The van der Waals surface area contributed by atoms with Gasteiger partial charge >= 0.3 is 0 Å². The van der Waals surface area contributed by atoms with Crippen LogP contribution in [0.3, 0.4) is 0 Å². The lowest BCUT2D eigenvalue weighted by atomic mass is 10.0. The number of ether oxygens (including phenoxy) is 1. The fraction of sp³-hybridized carbons (Fsp3) is 0.174. The van der Waals surface area contributed by atoms with Crippen LogP contribution >= 0.6 is 23.1 Å². The molecule has 0 aliphatic heterocycles. The van der Waals surface area contributed by atoms with Gasteiger partial charge in [0, 0.05) is 10.4 Å². The number of aryl methyl sites for hydroxylation is 1. The van der Waals surface area contributed by atoms with Crippen molar-refractivity contribution in [3.8, 4) is 16.9 Å². The van der Waals surface area contributed by atoms with Crippen LogP contribution < -0.4 is 15.6 Å². The number of H-pyrrole nitrogens is 1. The second kappa shape index (κ2) is 8.95. The summed E-state index contributed by atoms with van der Waals surface area (Å²) in [4.78, 5) is 34.8. The number of thiophene rings is 1. The molecule has 0 saturated carbocycles. The summed E-state index contributed by atoms with van der Waals surface area (Å²) >= 11 is 2.69. The lowest BCUT2D eigenvalue weighted by Gasteiger charge is -2.13. The molecule has 0 bridgehead atoms. The number of fused-ring (bicyclic) bond motifs is 1. The first kappa shape index (κ1) is 21.1. The van der Waals surface area contributed by atoms with E-state index < -0.39 is 5.25 Å².